The Labute approximate surface area is 301 Å². The van der Waals surface area contributed by atoms with Crippen molar-refractivity contribution in [2.45, 2.75) is 102 Å². The van der Waals surface area contributed by atoms with E-state index in [4.69, 9.17) is 18.6 Å². The van der Waals surface area contributed by atoms with Crippen LogP contribution in [0.25, 0.3) is 22.3 Å². The normalized spacial score (nSPS) is 20.7. The highest BCUT2D eigenvalue weighted by Crippen LogP contribution is 2.39. The van der Waals surface area contributed by atoms with Crippen LogP contribution in [-0.4, -0.2) is 79.0 Å². The second-order valence-electron chi connectivity index (χ2n) is 12.5. The van der Waals surface area contributed by atoms with Gasteiger partial charge in [0.1, 0.15) is 53.5 Å². The van der Waals surface area contributed by atoms with E-state index in [1.54, 1.807) is 0 Å². The molecule has 7 N–H and O–H groups in total. The van der Waals surface area contributed by atoms with Crippen LogP contribution in [-0.2, 0) is 14.3 Å². The van der Waals surface area contributed by atoms with E-state index in [9.17, 15) is 45.3 Å². The van der Waals surface area contributed by atoms with Crippen molar-refractivity contribution in [1.82, 2.24) is 0 Å². The Kier molecular flexibility index (Phi) is 15.1. The Hall–Kier alpha value is -4.82. The fourth-order valence-corrected chi connectivity index (χ4v) is 5.63. The maximum atomic E-state index is 13.6. The summed E-state index contributed by atoms with van der Waals surface area (Å²) in [6, 6.07) is 5.41. The highest BCUT2D eigenvalue weighted by Gasteiger charge is 2.46. The minimum atomic E-state index is -1.91. The molecule has 1 aliphatic heterocycles. The minimum absolute atomic E-state index is 0.00925. The molecule has 0 radical (unpaired) electrons. The Balaban J connectivity index is 1.31. The number of carbonyl (C=O) groups excluding carboxylic acids is 1. The molecule has 1 fully saturated rings. The molecule has 0 amide bonds. The van der Waals surface area contributed by atoms with E-state index in [2.05, 4.69) is 43.4 Å². The van der Waals surface area contributed by atoms with Gasteiger partial charge in [-0.25, -0.2) is 0 Å². The third-order valence-corrected chi connectivity index (χ3v) is 8.50. The molecule has 1 saturated heterocycles. The molecule has 13 nitrogen and oxygen atoms in total. The second kappa shape index (κ2) is 19.7. The van der Waals surface area contributed by atoms with E-state index in [1.807, 2.05) is 0 Å². The van der Waals surface area contributed by atoms with E-state index in [1.165, 1.54) is 6.07 Å². The first-order valence-electron chi connectivity index (χ1n) is 17.5. The van der Waals surface area contributed by atoms with E-state index >= 15 is 0 Å². The van der Waals surface area contributed by atoms with Gasteiger partial charge in [-0.3, -0.25) is 9.59 Å². The van der Waals surface area contributed by atoms with Gasteiger partial charge in [0, 0.05) is 24.1 Å². The number of aromatic hydroxyl groups is 4. The first-order valence-corrected chi connectivity index (χ1v) is 17.5. The summed E-state index contributed by atoms with van der Waals surface area (Å²) in [5.41, 5.74) is -1.23. The highest BCUT2D eigenvalue weighted by molar-refractivity contribution is 5.88. The van der Waals surface area contributed by atoms with Crippen molar-refractivity contribution >= 4 is 16.9 Å². The lowest BCUT2D eigenvalue weighted by molar-refractivity contribution is -0.278. The smallest absolute Gasteiger partial charge is 0.305 e. The number of hydrogen-bond donors (Lipinski definition) is 7. The first kappa shape index (κ1) is 40.0. The first-order chi connectivity index (χ1) is 25.0. The van der Waals surface area contributed by atoms with Crippen molar-refractivity contribution in [2.75, 3.05) is 6.61 Å². The zero-order valence-corrected chi connectivity index (χ0v) is 29.1. The number of phenolic OH excluding ortho intramolecular Hbond substituents is 4. The summed E-state index contributed by atoms with van der Waals surface area (Å²) in [5.74, 6) is -3.65. The molecule has 52 heavy (non-hydrogen) atoms. The van der Waals surface area contributed by atoms with E-state index in [0.29, 0.717) is 6.42 Å². The summed E-state index contributed by atoms with van der Waals surface area (Å²) in [4.78, 5) is 26.1. The number of rotatable bonds is 18. The summed E-state index contributed by atoms with van der Waals surface area (Å²) >= 11 is 0. The van der Waals surface area contributed by atoms with Crippen molar-refractivity contribution < 1.29 is 59.2 Å². The van der Waals surface area contributed by atoms with Crippen molar-refractivity contribution in [3.63, 3.8) is 0 Å². The molecule has 13 heteroatoms. The number of aliphatic hydroxyl groups is 3. The Morgan fingerprint density at radius 2 is 1.48 bits per heavy atom. The molecule has 282 valence electrons. The number of phenols is 4. The maximum absolute atomic E-state index is 13.6. The van der Waals surface area contributed by atoms with Crippen LogP contribution < -0.4 is 10.2 Å². The molecule has 3 aromatic rings. The van der Waals surface area contributed by atoms with Crippen LogP contribution in [0.1, 0.15) is 71.1 Å². The number of hydrogen-bond acceptors (Lipinski definition) is 13. The van der Waals surface area contributed by atoms with E-state index in [0.717, 1.165) is 75.6 Å². The van der Waals surface area contributed by atoms with Gasteiger partial charge < -0.3 is 54.4 Å². The number of aliphatic hydroxyl groups excluding tert-OH is 3. The molecule has 0 unspecified atom stereocenters. The number of carbonyl (C=O) groups is 1. The zero-order valence-electron chi connectivity index (χ0n) is 29.1. The van der Waals surface area contributed by atoms with Crippen LogP contribution >= 0.6 is 0 Å². The average Bonchev–Trinajstić information content (AvgIpc) is 3.11. The lowest BCUT2D eigenvalue weighted by atomic mass is 9.99. The second-order valence-corrected chi connectivity index (χ2v) is 12.5. The molecule has 1 aromatic heterocycles. The number of ether oxygens (including phenoxy) is 3. The number of benzene rings is 2. The summed E-state index contributed by atoms with van der Waals surface area (Å²) in [5, 5.41) is 71.8. The van der Waals surface area contributed by atoms with Crippen LogP contribution in [0.4, 0.5) is 0 Å². The van der Waals surface area contributed by atoms with E-state index < -0.39 is 82.8 Å². The average molecular weight is 725 g/mol. The van der Waals surface area contributed by atoms with Crippen LogP contribution in [0.15, 0.2) is 76.0 Å². The van der Waals surface area contributed by atoms with Crippen LogP contribution in [0.2, 0.25) is 0 Å². The van der Waals surface area contributed by atoms with Crippen molar-refractivity contribution in [1.29, 1.82) is 0 Å². The van der Waals surface area contributed by atoms with Gasteiger partial charge in [-0.1, -0.05) is 62.6 Å². The van der Waals surface area contributed by atoms with Crippen LogP contribution in [0, 0.1) is 0 Å². The van der Waals surface area contributed by atoms with Crippen molar-refractivity contribution in [2.24, 2.45) is 0 Å². The fourth-order valence-electron chi connectivity index (χ4n) is 5.63. The molecule has 2 aromatic carbocycles. The fraction of sp³-hybridized carbons (Fsp3) is 0.436. The van der Waals surface area contributed by atoms with Gasteiger partial charge in [0.05, 0.1) is 0 Å². The standard InChI is InChI=1S/C39H48O13/c1-2-3-4-5-6-7-8-9-10-11-12-13-14-15-16-17-31(44)49-23-30-33(45)35(47)36(48)39(51-30)52-38-34(46)32-28(43)21-25(40)22-29(32)50-37(38)24-18-19-26(41)27(42)20-24/h3-4,6-7,9-10,18-22,30,33,35-36,39-43,45,47-48H,2,5,8,11-17,23H2,1H3/b4-3-,7-6-,10-9-/t30-,33-,35+,36-,39+/m1/s1. The molecular formula is C39H48O13. The molecule has 2 heterocycles. The number of fused-ring (bicyclic) bond motifs is 1. The molecule has 5 atom stereocenters. The summed E-state index contributed by atoms with van der Waals surface area (Å²) in [6.45, 7) is 1.62. The molecule has 0 saturated carbocycles. The van der Waals surface area contributed by atoms with Gasteiger partial charge in [0.2, 0.25) is 17.5 Å². The third kappa shape index (κ3) is 10.8. The van der Waals surface area contributed by atoms with Gasteiger partial charge in [0.25, 0.3) is 0 Å². The number of esters is 1. The minimum Gasteiger partial charge on any atom is -0.508 e. The lowest BCUT2D eigenvalue weighted by Gasteiger charge is -2.39. The molecule has 0 aliphatic carbocycles. The quantitative estimate of drug-likeness (QED) is 0.0368. The predicted octanol–water partition coefficient (Wildman–Crippen LogP) is 5.60. The van der Waals surface area contributed by atoms with E-state index in [-0.39, 0.29) is 23.3 Å². The maximum Gasteiger partial charge on any atom is 0.305 e. The van der Waals surface area contributed by atoms with Crippen molar-refractivity contribution in [3.05, 3.63) is 77.0 Å². The summed E-state index contributed by atoms with van der Waals surface area (Å²) in [6.07, 6.45) is 12.9. The van der Waals surface area contributed by atoms with Gasteiger partial charge in [-0.2, -0.15) is 0 Å². The lowest BCUT2D eigenvalue weighted by Crippen LogP contribution is -2.60. The molecule has 0 bridgehead atoms. The summed E-state index contributed by atoms with van der Waals surface area (Å²) in [7, 11) is 0. The molecular weight excluding hydrogens is 676 g/mol. The van der Waals surface area contributed by atoms with Gasteiger partial charge in [-0.05, 0) is 56.7 Å². The molecule has 0 spiro atoms. The Morgan fingerprint density at radius 1 is 0.788 bits per heavy atom. The Morgan fingerprint density at radius 3 is 2.21 bits per heavy atom. The topological polar surface area (TPSA) is 217 Å². The van der Waals surface area contributed by atoms with Crippen molar-refractivity contribution in [3.8, 4) is 40.1 Å². The number of allylic oxidation sites excluding steroid dienone is 6. The summed E-state index contributed by atoms with van der Waals surface area (Å²) < 4.78 is 22.5. The SMILES string of the molecule is CC/C=C\C/C=C\C/C=C\CCCCCCCC(=O)OC[C@H]1O[C@@H](Oc2c(-c3ccc(O)c(O)c3)oc3cc(O)cc(O)c3c2=O)[C@H](O)[C@@H](O)[C@@H]1O. The molecule has 1 aliphatic rings. The zero-order chi connectivity index (χ0) is 37.6. The van der Waals surface area contributed by atoms with Gasteiger partial charge >= 0.3 is 5.97 Å². The predicted molar refractivity (Wildman–Crippen MR) is 192 cm³/mol. The Bertz CT molecular complexity index is 1780. The van der Waals surface area contributed by atoms with Crippen LogP contribution in [0.3, 0.4) is 0 Å². The number of unbranched alkanes of at least 4 members (excludes halogenated alkanes) is 5. The highest BCUT2D eigenvalue weighted by atomic mass is 16.7. The third-order valence-electron chi connectivity index (χ3n) is 8.50. The molecule has 4 rings (SSSR count). The van der Waals surface area contributed by atoms with Crippen LogP contribution in [0.5, 0.6) is 28.7 Å². The van der Waals surface area contributed by atoms with Gasteiger partial charge in [-0.15, -0.1) is 0 Å². The monoisotopic (exact) mass is 724 g/mol. The largest absolute Gasteiger partial charge is 0.508 e. The van der Waals surface area contributed by atoms with Gasteiger partial charge in [0.15, 0.2) is 17.3 Å².